The van der Waals surface area contributed by atoms with E-state index < -0.39 is 0 Å². The molecule has 0 radical (unpaired) electrons. The molecule has 1 fully saturated rings. The molecule has 4 heteroatoms. The average Bonchev–Trinajstić information content (AvgIpc) is 2.84. The molecule has 2 aromatic carbocycles. The molecule has 4 nitrogen and oxygen atoms in total. The lowest BCUT2D eigenvalue weighted by atomic mass is 9.86. The molecular weight excluding hydrogens is 408 g/mol. The van der Waals surface area contributed by atoms with E-state index in [-0.39, 0.29) is 5.78 Å². The normalized spacial score (nSPS) is 18.0. The summed E-state index contributed by atoms with van der Waals surface area (Å²) in [6, 6.07) is 14.3. The van der Waals surface area contributed by atoms with Crippen LogP contribution in [0.1, 0.15) is 53.6 Å². The molecule has 1 saturated heterocycles. The van der Waals surface area contributed by atoms with E-state index in [9.17, 15) is 4.79 Å². The van der Waals surface area contributed by atoms with Crippen LogP contribution in [0, 0.1) is 0 Å². The summed E-state index contributed by atoms with van der Waals surface area (Å²) in [5.74, 6) is 1.02. The molecule has 174 valence electrons. The predicted molar refractivity (Wildman–Crippen MR) is 137 cm³/mol. The van der Waals surface area contributed by atoms with Crippen molar-refractivity contribution in [1.82, 2.24) is 4.90 Å². The standard InChI is InChI=1S/C29H36N2O2/c1-30(2)26-14-10-23(11-15-26)8-6-9-24-12-13-25-22-27(16-17-28(25)29(24)32)33-21-7-20-31-18-4-3-5-19-31/h6,8-11,14-17,22H,3-5,7,12-13,18-21H2,1-2H3/b8-6+,24-9+. The van der Waals surface area contributed by atoms with Gasteiger partial charge in [-0.25, -0.2) is 0 Å². The van der Waals surface area contributed by atoms with Crippen molar-refractivity contribution in [2.75, 3.05) is 45.2 Å². The molecule has 4 rings (SSSR count). The van der Waals surface area contributed by atoms with Gasteiger partial charge in [0, 0.05) is 37.5 Å². The number of carbonyl (C=O) groups is 1. The van der Waals surface area contributed by atoms with E-state index in [1.54, 1.807) is 0 Å². The Morgan fingerprint density at radius 1 is 1.00 bits per heavy atom. The summed E-state index contributed by atoms with van der Waals surface area (Å²) < 4.78 is 6.00. The van der Waals surface area contributed by atoms with E-state index in [0.717, 1.165) is 60.4 Å². The number of aryl methyl sites for hydroxylation is 1. The molecule has 0 atom stereocenters. The predicted octanol–water partition coefficient (Wildman–Crippen LogP) is 5.78. The topological polar surface area (TPSA) is 32.8 Å². The molecule has 2 aliphatic rings. The molecule has 1 aliphatic carbocycles. The van der Waals surface area contributed by atoms with Crippen molar-refractivity contribution >= 4 is 17.5 Å². The van der Waals surface area contributed by atoms with Gasteiger partial charge in [-0.3, -0.25) is 4.79 Å². The number of ether oxygens (including phenoxy) is 1. The Morgan fingerprint density at radius 3 is 2.55 bits per heavy atom. The minimum Gasteiger partial charge on any atom is -0.494 e. The molecule has 0 saturated carbocycles. The van der Waals surface area contributed by atoms with Crippen molar-refractivity contribution in [3.63, 3.8) is 0 Å². The first-order valence-corrected chi connectivity index (χ1v) is 12.3. The second kappa shape index (κ2) is 11.3. The maximum Gasteiger partial charge on any atom is 0.189 e. The van der Waals surface area contributed by atoms with Crippen LogP contribution in [0.4, 0.5) is 5.69 Å². The molecule has 1 heterocycles. The summed E-state index contributed by atoms with van der Waals surface area (Å²) in [6.07, 6.45) is 12.7. The van der Waals surface area contributed by atoms with Gasteiger partial charge in [-0.2, -0.15) is 0 Å². The molecule has 0 aromatic heterocycles. The number of carbonyl (C=O) groups excluding carboxylic acids is 1. The van der Waals surface area contributed by atoms with Gasteiger partial charge < -0.3 is 14.5 Å². The third kappa shape index (κ3) is 6.35. The number of likely N-dealkylation sites (tertiary alicyclic amines) is 1. The Hall–Kier alpha value is -2.85. The van der Waals surface area contributed by atoms with Crippen molar-refractivity contribution in [1.29, 1.82) is 0 Å². The maximum atomic E-state index is 13.0. The van der Waals surface area contributed by atoms with Crippen LogP contribution in [0.5, 0.6) is 5.75 Å². The summed E-state index contributed by atoms with van der Waals surface area (Å²) in [4.78, 5) is 17.6. The maximum absolute atomic E-state index is 13.0. The van der Waals surface area contributed by atoms with Crippen molar-refractivity contribution in [2.45, 2.75) is 38.5 Å². The van der Waals surface area contributed by atoms with E-state index in [1.807, 2.05) is 38.4 Å². The summed E-state index contributed by atoms with van der Waals surface area (Å²) in [5, 5.41) is 0. The molecule has 2 aromatic rings. The van der Waals surface area contributed by atoms with Crippen molar-refractivity contribution < 1.29 is 9.53 Å². The Labute approximate surface area is 198 Å². The highest BCUT2D eigenvalue weighted by molar-refractivity contribution is 6.11. The van der Waals surface area contributed by atoms with Gasteiger partial charge in [-0.05, 0) is 86.7 Å². The van der Waals surface area contributed by atoms with Gasteiger partial charge in [-0.1, -0.05) is 36.8 Å². The Bertz CT molecular complexity index is 999. The van der Waals surface area contributed by atoms with Crippen LogP contribution in [0.2, 0.25) is 0 Å². The molecule has 33 heavy (non-hydrogen) atoms. The fraction of sp³-hybridized carbons (Fsp3) is 0.414. The SMILES string of the molecule is CN(C)c1ccc(/C=C/C=C2\CCc3cc(OCCCN4CCCCC4)ccc3C2=O)cc1. The molecule has 0 N–H and O–H groups in total. The van der Waals surface area contributed by atoms with Crippen LogP contribution in [-0.4, -0.2) is 51.0 Å². The first-order chi connectivity index (χ1) is 16.1. The lowest BCUT2D eigenvalue weighted by molar-refractivity contribution is 0.102. The number of piperidine rings is 1. The van der Waals surface area contributed by atoms with Crippen molar-refractivity contribution in [3.8, 4) is 5.75 Å². The summed E-state index contributed by atoms with van der Waals surface area (Å²) in [6.45, 7) is 4.31. The number of nitrogens with zero attached hydrogens (tertiary/aromatic N) is 2. The highest BCUT2D eigenvalue weighted by Gasteiger charge is 2.21. The van der Waals surface area contributed by atoms with E-state index in [4.69, 9.17) is 4.74 Å². The number of hydrogen-bond acceptors (Lipinski definition) is 4. The zero-order valence-electron chi connectivity index (χ0n) is 20.1. The Kier molecular flexibility index (Phi) is 8.01. The number of Topliss-reactive ketones (excluding diaryl/α,β-unsaturated/α-hetero) is 1. The average molecular weight is 445 g/mol. The van der Waals surface area contributed by atoms with Crippen molar-refractivity contribution in [3.05, 3.63) is 76.9 Å². The third-order valence-electron chi connectivity index (χ3n) is 6.61. The van der Waals surface area contributed by atoms with E-state index in [0.29, 0.717) is 0 Å². The Balaban J connectivity index is 1.30. The number of fused-ring (bicyclic) bond motifs is 1. The Morgan fingerprint density at radius 2 is 1.79 bits per heavy atom. The molecule has 0 unspecified atom stereocenters. The first kappa shape index (κ1) is 23.3. The smallest absolute Gasteiger partial charge is 0.189 e. The molecule has 0 bridgehead atoms. The van der Waals surface area contributed by atoms with E-state index in [2.05, 4.69) is 46.2 Å². The highest BCUT2D eigenvalue weighted by Crippen LogP contribution is 2.28. The van der Waals surface area contributed by atoms with Crippen molar-refractivity contribution in [2.24, 2.45) is 0 Å². The van der Waals surface area contributed by atoms with E-state index >= 15 is 0 Å². The zero-order valence-corrected chi connectivity index (χ0v) is 20.1. The van der Waals surface area contributed by atoms with Gasteiger partial charge in [0.25, 0.3) is 0 Å². The van der Waals surface area contributed by atoms with Crippen LogP contribution in [0.3, 0.4) is 0 Å². The van der Waals surface area contributed by atoms with Gasteiger partial charge >= 0.3 is 0 Å². The van der Waals surface area contributed by atoms with E-state index in [1.165, 1.54) is 38.0 Å². The number of anilines is 1. The molecule has 0 spiro atoms. The summed E-state index contributed by atoms with van der Waals surface area (Å²) in [5.41, 5.74) is 5.10. The fourth-order valence-electron chi connectivity index (χ4n) is 4.62. The monoisotopic (exact) mass is 444 g/mol. The van der Waals surface area contributed by atoms with Gasteiger partial charge in [-0.15, -0.1) is 0 Å². The quantitative estimate of drug-likeness (QED) is 0.382. The second-order valence-corrected chi connectivity index (χ2v) is 9.29. The molecular formula is C29H36N2O2. The van der Waals surface area contributed by atoms with Gasteiger partial charge in [0.15, 0.2) is 5.78 Å². The van der Waals surface area contributed by atoms with Gasteiger partial charge in [0.05, 0.1) is 6.61 Å². The number of ketones is 1. The van der Waals surface area contributed by atoms with Crippen LogP contribution in [0.25, 0.3) is 6.08 Å². The van der Waals surface area contributed by atoms with Crippen LogP contribution in [0.15, 0.2) is 60.2 Å². The van der Waals surface area contributed by atoms with Crippen LogP contribution >= 0.6 is 0 Å². The molecule has 0 amide bonds. The summed E-state index contributed by atoms with van der Waals surface area (Å²) in [7, 11) is 4.07. The van der Waals surface area contributed by atoms with Gasteiger partial charge in [0.1, 0.15) is 5.75 Å². The second-order valence-electron chi connectivity index (χ2n) is 9.29. The number of benzene rings is 2. The van der Waals surface area contributed by atoms with Gasteiger partial charge in [0.2, 0.25) is 0 Å². The number of allylic oxidation sites excluding steroid dienone is 3. The summed E-state index contributed by atoms with van der Waals surface area (Å²) >= 11 is 0. The highest BCUT2D eigenvalue weighted by atomic mass is 16.5. The minimum absolute atomic E-state index is 0.139. The lowest BCUT2D eigenvalue weighted by Gasteiger charge is -2.26. The number of hydrogen-bond donors (Lipinski definition) is 0. The first-order valence-electron chi connectivity index (χ1n) is 12.3. The van der Waals surface area contributed by atoms with Crippen LogP contribution < -0.4 is 9.64 Å². The minimum atomic E-state index is 0.139. The largest absolute Gasteiger partial charge is 0.494 e. The third-order valence-corrected chi connectivity index (χ3v) is 6.61. The molecule has 1 aliphatic heterocycles. The fourth-order valence-corrected chi connectivity index (χ4v) is 4.62. The number of rotatable bonds is 8. The zero-order chi connectivity index (χ0) is 23.0. The van der Waals surface area contributed by atoms with Crippen LogP contribution in [-0.2, 0) is 6.42 Å². The lowest BCUT2D eigenvalue weighted by Crippen LogP contribution is -2.31.